The Morgan fingerprint density at radius 3 is 2.69 bits per heavy atom. The lowest BCUT2D eigenvalue weighted by Gasteiger charge is -2.28. The van der Waals surface area contributed by atoms with E-state index in [0.717, 1.165) is 67.9 Å². The Bertz CT molecular complexity index is 1050. The molecular weight excluding hydrogens is 412 g/mol. The van der Waals surface area contributed by atoms with Crippen LogP contribution in [0.3, 0.4) is 0 Å². The number of nitrogens with zero attached hydrogens (tertiary/aromatic N) is 6. The van der Waals surface area contributed by atoms with Crippen LogP contribution in [0.2, 0.25) is 0 Å². The highest BCUT2D eigenvalue weighted by molar-refractivity contribution is 5.85. The topological polar surface area (TPSA) is 144 Å². The molecule has 0 unspecified atom stereocenters. The number of pyridine rings is 1. The van der Waals surface area contributed by atoms with Crippen LogP contribution in [0.4, 0.5) is 11.6 Å². The average molecular weight is 441 g/mol. The third-order valence-electron chi connectivity index (χ3n) is 5.48. The van der Waals surface area contributed by atoms with Crippen LogP contribution in [0.5, 0.6) is 0 Å². The molecule has 0 saturated carbocycles. The van der Waals surface area contributed by atoms with Crippen molar-refractivity contribution < 1.29 is 14.7 Å². The Kier molecular flexibility index (Phi) is 7.07. The SMILES string of the molecule is Nc1ccc(-c2nc(N3CCOCC3)c3ncn(CCCCCCC(=O)NO)c3n2)cn1. The van der Waals surface area contributed by atoms with Crippen LogP contribution in [-0.2, 0) is 16.1 Å². The number of fused-ring (bicyclic) bond motifs is 1. The van der Waals surface area contributed by atoms with Crippen LogP contribution in [-0.4, -0.2) is 61.9 Å². The number of nitrogen functional groups attached to an aromatic ring is 1. The molecular formula is C21H28N8O3. The van der Waals surface area contributed by atoms with E-state index in [-0.39, 0.29) is 5.91 Å². The molecule has 0 atom stereocenters. The highest BCUT2D eigenvalue weighted by Crippen LogP contribution is 2.27. The van der Waals surface area contributed by atoms with Crippen molar-refractivity contribution in [2.45, 2.75) is 38.6 Å². The van der Waals surface area contributed by atoms with Gasteiger partial charge in [-0.1, -0.05) is 12.8 Å². The molecule has 11 nitrogen and oxygen atoms in total. The second-order valence-electron chi connectivity index (χ2n) is 7.75. The number of carbonyl (C=O) groups is 1. The fraction of sp³-hybridized carbons (Fsp3) is 0.476. The summed E-state index contributed by atoms with van der Waals surface area (Å²) in [5.41, 5.74) is 9.76. The number of hydrogen-bond donors (Lipinski definition) is 3. The van der Waals surface area contributed by atoms with Gasteiger partial charge < -0.3 is 19.9 Å². The molecule has 3 aromatic heterocycles. The summed E-state index contributed by atoms with van der Waals surface area (Å²) in [7, 11) is 0. The first kappa shape index (κ1) is 21.9. The van der Waals surface area contributed by atoms with E-state index < -0.39 is 0 Å². The first-order chi connectivity index (χ1) is 15.7. The lowest BCUT2D eigenvalue weighted by atomic mass is 10.1. The van der Waals surface area contributed by atoms with Crippen molar-refractivity contribution >= 4 is 28.7 Å². The maximum absolute atomic E-state index is 11.1. The first-order valence-corrected chi connectivity index (χ1v) is 10.9. The van der Waals surface area contributed by atoms with Crippen molar-refractivity contribution in [2.75, 3.05) is 36.9 Å². The van der Waals surface area contributed by atoms with Gasteiger partial charge in [0.05, 0.1) is 19.5 Å². The Labute approximate surface area is 185 Å². The van der Waals surface area contributed by atoms with Gasteiger partial charge in [-0.3, -0.25) is 10.0 Å². The van der Waals surface area contributed by atoms with Crippen molar-refractivity contribution in [3.63, 3.8) is 0 Å². The number of morpholine rings is 1. The largest absolute Gasteiger partial charge is 0.384 e. The van der Waals surface area contributed by atoms with E-state index in [4.69, 9.17) is 25.6 Å². The molecule has 170 valence electrons. The van der Waals surface area contributed by atoms with Crippen LogP contribution in [0.15, 0.2) is 24.7 Å². The summed E-state index contributed by atoms with van der Waals surface area (Å²) in [6.07, 6.45) is 7.39. The molecule has 1 aliphatic heterocycles. The van der Waals surface area contributed by atoms with Gasteiger partial charge in [-0.15, -0.1) is 0 Å². The second kappa shape index (κ2) is 10.3. The number of aromatic nitrogens is 5. The molecule has 0 aliphatic carbocycles. The normalized spacial score (nSPS) is 14.1. The monoisotopic (exact) mass is 440 g/mol. The fourth-order valence-corrected chi connectivity index (χ4v) is 3.73. The Morgan fingerprint density at radius 2 is 1.94 bits per heavy atom. The molecule has 4 rings (SSSR count). The van der Waals surface area contributed by atoms with Crippen LogP contribution < -0.4 is 16.1 Å². The zero-order valence-electron chi connectivity index (χ0n) is 17.9. The highest BCUT2D eigenvalue weighted by Gasteiger charge is 2.21. The Morgan fingerprint density at radius 1 is 1.12 bits per heavy atom. The standard InChI is InChI=1S/C21H28N8O3/c22-16-7-6-15(13-23-16)19-25-20(28-9-11-32-12-10-28)18-21(26-19)29(14-24-18)8-4-2-1-3-5-17(30)27-31/h6-7,13-14,31H,1-5,8-12H2,(H2,22,23)(H,27,30). The van der Waals surface area contributed by atoms with E-state index in [1.54, 1.807) is 17.7 Å². The van der Waals surface area contributed by atoms with E-state index in [9.17, 15) is 4.79 Å². The van der Waals surface area contributed by atoms with Gasteiger partial charge in [-0.25, -0.2) is 25.4 Å². The van der Waals surface area contributed by atoms with Crippen molar-refractivity contribution in [2.24, 2.45) is 0 Å². The predicted octanol–water partition coefficient (Wildman–Crippen LogP) is 1.76. The number of rotatable bonds is 9. The summed E-state index contributed by atoms with van der Waals surface area (Å²) in [4.78, 5) is 31.7. The van der Waals surface area contributed by atoms with Gasteiger partial charge >= 0.3 is 0 Å². The van der Waals surface area contributed by atoms with E-state index >= 15 is 0 Å². The molecule has 1 saturated heterocycles. The van der Waals surface area contributed by atoms with Gasteiger partial charge in [0.25, 0.3) is 0 Å². The molecule has 1 amide bonds. The molecule has 0 radical (unpaired) electrons. The molecule has 32 heavy (non-hydrogen) atoms. The lowest BCUT2D eigenvalue weighted by Crippen LogP contribution is -2.37. The summed E-state index contributed by atoms with van der Waals surface area (Å²) in [5, 5.41) is 8.56. The molecule has 0 bridgehead atoms. The molecule has 1 fully saturated rings. The third-order valence-corrected chi connectivity index (χ3v) is 5.48. The van der Waals surface area contributed by atoms with E-state index in [1.807, 2.05) is 12.4 Å². The summed E-state index contributed by atoms with van der Waals surface area (Å²) in [5.74, 6) is 1.49. The number of ether oxygens (including phenoxy) is 1. The molecule has 0 spiro atoms. The fourth-order valence-electron chi connectivity index (χ4n) is 3.73. The van der Waals surface area contributed by atoms with E-state index in [1.165, 1.54) is 0 Å². The van der Waals surface area contributed by atoms with Crippen LogP contribution in [0.1, 0.15) is 32.1 Å². The van der Waals surface area contributed by atoms with Crippen molar-refractivity contribution in [3.05, 3.63) is 24.7 Å². The summed E-state index contributed by atoms with van der Waals surface area (Å²) >= 11 is 0. The average Bonchev–Trinajstić information content (AvgIpc) is 3.24. The number of amides is 1. The van der Waals surface area contributed by atoms with Crippen molar-refractivity contribution in [1.82, 2.24) is 30.0 Å². The number of imidazole rings is 1. The molecule has 11 heteroatoms. The Hall–Kier alpha value is -3.31. The number of hydroxylamine groups is 1. The zero-order chi connectivity index (χ0) is 22.3. The number of hydrogen-bond acceptors (Lipinski definition) is 9. The van der Waals surface area contributed by atoms with Gasteiger partial charge in [0, 0.05) is 37.8 Å². The zero-order valence-corrected chi connectivity index (χ0v) is 17.9. The summed E-state index contributed by atoms with van der Waals surface area (Å²) < 4.78 is 7.55. The smallest absolute Gasteiger partial charge is 0.243 e. The molecule has 3 aromatic rings. The van der Waals surface area contributed by atoms with Gasteiger partial charge in [0.2, 0.25) is 5.91 Å². The molecule has 0 aromatic carbocycles. The van der Waals surface area contributed by atoms with E-state index in [2.05, 4.69) is 19.4 Å². The lowest BCUT2D eigenvalue weighted by molar-refractivity contribution is -0.129. The quantitative estimate of drug-likeness (QED) is 0.257. The molecule has 1 aliphatic rings. The van der Waals surface area contributed by atoms with Gasteiger partial charge in [0.1, 0.15) is 5.82 Å². The first-order valence-electron chi connectivity index (χ1n) is 10.9. The maximum Gasteiger partial charge on any atom is 0.243 e. The second-order valence-corrected chi connectivity index (χ2v) is 7.75. The number of anilines is 2. The van der Waals surface area contributed by atoms with Crippen LogP contribution in [0.25, 0.3) is 22.6 Å². The third kappa shape index (κ3) is 5.11. The van der Waals surface area contributed by atoms with Crippen LogP contribution >= 0.6 is 0 Å². The maximum atomic E-state index is 11.1. The number of aryl methyl sites for hydroxylation is 1. The van der Waals surface area contributed by atoms with Crippen molar-refractivity contribution in [3.8, 4) is 11.4 Å². The number of carbonyl (C=O) groups excluding carboxylic acids is 1. The Balaban J connectivity index is 1.55. The number of nitrogens with one attached hydrogen (secondary N) is 1. The van der Waals surface area contributed by atoms with Crippen molar-refractivity contribution in [1.29, 1.82) is 0 Å². The van der Waals surface area contributed by atoms with Crippen LogP contribution in [0, 0.1) is 0 Å². The minimum atomic E-state index is -0.345. The minimum Gasteiger partial charge on any atom is -0.384 e. The molecule has 4 heterocycles. The molecule has 4 N–H and O–H groups in total. The minimum absolute atomic E-state index is 0.333. The summed E-state index contributed by atoms with van der Waals surface area (Å²) in [6.45, 7) is 3.57. The predicted molar refractivity (Wildman–Crippen MR) is 119 cm³/mol. The van der Waals surface area contributed by atoms with Gasteiger partial charge in [0.15, 0.2) is 22.8 Å². The summed E-state index contributed by atoms with van der Waals surface area (Å²) in [6, 6.07) is 3.61. The highest BCUT2D eigenvalue weighted by atomic mass is 16.5. The van der Waals surface area contributed by atoms with Gasteiger partial charge in [-0.2, -0.15) is 0 Å². The number of nitrogens with two attached hydrogens (primary N) is 1. The van der Waals surface area contributed by atoms with E-state index in [0.29, 0.717) is 31.3 Å². The number of unbranched alkanes of at least 4 members (excludes halogenated alkanes) is 3. The van der Waals surface area contributed by atoms with Gasteiger partial charge in [-0.05, 0) is 25.0 Å².